The van der Waals surface area contributed by atoms with E-state index in [0.717, 1.165) is 0 Å². The van der Waals surface area contributed by atoms with Crippen molar-refractivity contribution >= 4 is 28.6 Å². The molecule has 1 fully saturated rings. The standard InChI is InChI=1S/C11H14ClN5O4/c1-13-8-5-9(16-11(12)15-8)17(3-14-5)10-7(20)6(19)4(2-18)21-10/h3-4,6-7,10,18-20H,2H2,1H3,(H,13,15,16)/t4-,6+,7?,10-/m1/s1. The van der Waals surface area contributed by atoms with Crippen LogP contribution in [0.25, 0.3) is 11.2 Å². The summed E-state index contributed by atoms with van der Waals surface area (Å²) in [5, 5.41) is 31.9. The maximum atomic E-state index is 10.1. The van der Waals surface area contributed by atoms with Gasteiger partial charge in [0.25, 0.3) is 0 Å². The zero-order chi connectivity index (χ0) is 15.1. The zero-order valence-corrected chi connectivity index (χ0v) is 11.8. The van der Waals surface area contributed by atoms with Crippen molar-refractivity contribution in [3.8, 4) is 0 Å². The fourth-order valence-electron chi connectivity index (χ4n) is 2.36. The second-order valence-corrected chi connectivity index (χ2v) is 4.98. The number of ether oxygens (including phenoxy) is 1. The maximum absolute atomic E-state index is 10.1. The molecule has 0 bridgehead atoms. The molecule has 0 radical (unpaired) electrons. The third-order valence-electron chi connectivity index (χ3n) is 3.42. The number of hydrogen-bond donors (Lipinski definition) is 4. The number of fused-ring (bicyclic) bond motifs is 1. The molecule has 114 valence electrons. The van der Waals surface area contributed by atoms with Crippen LogP contribution >= 0.6 is 11.6 Å². The van der Waals surface area contributed by atoms with Gasteiger partial charge >= 0.3 is 0 Å². The Balaban J connectivity index is 2.07. The number of imidazole rings is 1. The van der Waals surface area contributed by atoms with Gasteiger partial charge in [-0.3, -0.25) is 4.57 Å². The fourth-order valence-corrected chi connectivity index (χ4v) is 2.52. The van der Waals surface area contributed by atoms with Crippen LogP contribution in [0.2, 0.25) is 5.28 Å². The first-order valence-electron chi connectivity index (χ1n) is 6.27. The molecule has 2 aromatic rings. The van der Waals surface area contributed by atoms with Gasteiger partial charge in [-0.2, -0.15) is 9.97 Å². The van der Waals surface area contributed by atoms with Crippen molar-refractivity contribution in [1.29, 1.82) is 0 Å². The van der Waals surface area contributed by atoms with Crippen molar-refractivity contribution in [1.82, 2.24) is 19.5 Å². The molecular formula is C11H14ClN5O4. The second-order valence-electron chi connectivity index (χ2n) is 4.64. The molecule has 10 heteroatoms. The lowest BCUT2D eigenvalue weighted by atomic mass is 10.1. The first-order valence-corrected chi connectivity index (χ1v) is 6.65. The molecule has 1 aliphatic heterocycles. The highest BCUT2D eigenvalue weighted by Gasteiger charge is 2.44. The first-order chi connectivity index (χ1) is 10.1. The molecule has 21 heavy (non-hydrogen) atoms. The average Bonchev–Trinajstić information content (AvgIpc) is 3.01. The van der Waals surface area contributed by atoms with Gasteiger partial charge in [-0.15, -0.1) is 0 Å². The molecule has 1 saturated heterocycles. The minimum atomic E-state index is -1.22. The molecule has 0 amide bonds. The number of aliphatic hydroxyl groups is 3. The third kappa shape index (κ3) is 2.23. The number of hydrogen-bond acceptors (Lipinski definition) is 8. The smallest absolute Gasteiger partial charge is 0.226 e. The van der Waals surface area contributed by atoms with Crippen LogP contribution in [0.1, 0.15) is 6.23 Å². The molecule has 1 unspecified atom stereocenters. The van der Waals surface area contributed by atoms with Gasteiger partial charge in [0.15, 0.2) is 23.2 Å². The largest absolute Gasteiger partial charge is 0.394 e. The summed E-state index contributed by atoms with van der Waals surface area (Å²) < 4.78 is 6.90. The van der Waals surface area contributed by atoms with Crippen molar-refractivity contribution in [2.75, 3.05) is 19.0 Å². The lowest BCUT2D eigenvalue weighted by molar-refractivity contribution is -0.0511. The predicted octanol–water partition coefficient (Wildman–Crippen LogP) is -0.867. The summed E-state index contributed by atoms with van der Waals surface area (Å²) in [5.41, 5.74) is 0.814. The van der Waals surface area contributed by atoms with E-state index in [-0.39, 0.29) is 5.28 Å². The van der Waals surface area contributed by atoms with Crippen LogP contribution in [0.5, 0.6) is 0 Å². The lowest BCUT2D eigenvalue weighted by Crippen LogP contribution is -2.33. The summed E-state index contributed by atoms with van der Waals surface area (Å²) in [6.07, 6.45) is -2.79. The molecule has 0 aromatic carbocycles. The molecule has 3 rings (SSSR count). The normalized spacial score (nSPS) is 29.2. The highest BCUT2D eigenvalue weighted by molar-refractivity contribution is 6.28. The van der Waals surface area contributed by atoms with Crippen LogP contribution in [0.15, 0.2) is 6.33 Å². The Hall–Kier alpha value is -1.52. The SMILES string of the molecule is CNc1nc(Cl)nc2c1ncn2[C@@H]1O[C@H](CO)[C@H](O)C1O. The maximum Gasteiger partial charge on any atom is 0.226 e. The minimum absolute atomic E-state index is 0.0142. The minimum Gasteiger partial charge on any atom is -0.394 e. The first kappa shape index (κ1) is 14.4. The van der Waals surface area contributed by atoms with E-state index in [1.54, 1.807) is 7.05 Å². The molecule has 0 aliphatic carbocycles. The van der Waals surface area contributed by atoms with E-state index in [0.29, 0.717) is 17.0 Å². The topological polar surface area (TPSA) is 126 Å². The predicted molar refractivity (Wildman–Crippen MR) is 72.9 cm³/mol. The Morgan fingerprint density at radius 3 is 2.76 bits per heavy atom. The van der Waals surface area contributed by atoms with Gasteiger partial charge in [0, 0.05) is 7.05 Å². The molecule has 4 N–H and O–H groups in total. The zero-order valence-electron chi connectivity index (χ0n) is 11.0. The Labute approximate surface area is 124 Å². The van der Waals surface area contributed by atoms with E-state index in [9.17, 15) is 10.2 Å². The van der Waals surface area contributed by atoms with Crippen LogP contribution in [0, 0.1) is 0 Å². The van der Waals surface area contributed by atoms with Crippen molar-refractivity contribution in [3.63, 3.8) is 0 Å². The third-order valence-corrected chi connectivity index (χ3v) is 3.59. The summed E-state index contributed by atoms with van der Waals surface area (Å²) >= 11 is 5.86. The monoisotopic (exact) mass is 315 g/mol. The quantitative estimate of drug-likeness (QED) is 0.539. The van der Waals surface area contributed by atoms with Gasteiger partial charge in [0.1, 0.15) is 18.3 Å². The van der Waals surface area contributed by atoms with Crippen LogP contribution in [0.3, 0.4) is 0 Å². The highest BCUT2D eigenvalue weighted by atomic mass is 35.5. The van der Waals surface area contributed by atoms with Crippen molar-refractivity contribution < 1.29 is 20.1 Å². The Bertz CT molecular complexity index is 665. The van der Waals surface area contributed by atoms with Crippen LogP contribution < -0.4 is 5.32 Å². The highest BCUT2D eigenvalue weighted by Crippen LogP contribution is 2.32. The fraction of sp³-hybridized carbons (Fsp3) is 0.545. The van der Waals surface area contributed by atoms with Gasteiger partial charge in [-0.25, -0.2) is 4.98 Å². The molecule has 0 saturated carbocycles. The molecule has 9 nitrogen and oxygen atoms in total. The number of rotatable bonds is 3. The van der Waals surface area contributed by atoms with E-state index in [1.165, 1.54) is 10.9 Å². The molecule has 4 atom stereocenters. The number of nitrogens with one attached hydrogen (secondary N) is 1. The summed E-state index contributed by atoms with van der Waals surface area (Å²) in [7, 11) is 1.67. The summed E-state index contributed by atoms with van der Waals surface area (Å²) in [4.78, 5) is 12.2. The van der Waals surface area contributed by atoms with Gasteiger partial charge in [-0.1, -0.05) is 0 Å². The van der Waals surface area contributed by atoms with Crippen molar-refractivity contribution in [2.24, 2.45) is 0 Å². The van der Waals surface area contributed by atoms with E-state index < -0.39 is 31.1 Å². The number of halogens is 1. The average molecular weight is 316 g/mol. The van der Waals surface area contributed by atoms with E-state index in [2.05, 4.69) is 20.3 Å². The molecule has 1 aliphatic rings. The van der Waals surface area contributed by atoms with Crippen LogP contribution in [-0.2, 0) is 4.74 Å². The Kier molecular flexibility index (Phi) is 3.68. The molecule has 0 spiro atoms. The van der Waals surface area contributed by atoms with Crippen LogP contribution in [-0.4, -0.2) is 66.8 Å². The molecular weight excluding hydrogens is 302 g/mol. The Morgan fingerprint density at radius 1 is 1.38 bits per heavy atom. The van der Waals surface area contributed by atoms with Gasteiger partial charge in [0.2, 0.25) is 5.28 Å². The van der Waals surface area contributed by atoms with E-state index in [4.69, 9.17) is 21.4 Å². The lowest BCUT2D eigenvalue weighted by Gasteiger charge is -2.16. The van der Waals surface area contributed by atoms with Crippen molar-refractivity contribution in [3.05, 3.63) is 11.6 Å². The van der Waals surface area contributed by atoms with Crippen LogP contribution in [0.4, 0.5) is 5.82 Å². The molecule has 2 aromatic heterocycles. The van der Waals surface area contributed by atoms with E-state index in [1.807, 2.05) is 0 Å². The number of nitrogens with zero attached hydrogens (tertiary/aromatic N) is 4. The number of anilines is 1. The summed E-state index contributed by atoms with van der Waals surface area (Å²) in [6.45, 7) is -0.404. The second kappa shape index (κ2) is 5.35. The number of aromatic nitrogens is 4. The summed E-state index contributed by atoms with van der Waals surface area (Å²) in [6, 6.07) is 0. The van der Waals surface area contributed by atoms with E-state index >= 15 is 0 Å². The summed E-state index contributed by atoms with van der Waals surface area (Å²) in [5.74, 6) is 0.440. The Morgan fingerprint density at radius 2 is 2.14 bits per heavy atom. The molecule has 3 heterocycles. The number of aliphatic hydroxyl groups excluding tert-OH is 3. The van der Waals surface area contributed by atoms with Gasteiger partial charge in [-0.05, 0) is 11.6 Å². The van der Waals surface area contributed by atoms with Crippen molar-refractivity contribution in [2.45, 2.75) is 24.5 Å². The van der Waals surface area contributed by atoms with Gasteiger partial charge < -0.3 is 25.4 Å². The van der Waals surface area contributed by atoms with Gasteiger partial charge in [0.05, 0.1) is 12.9 Å².